The van der Waals surface area contributed by atoms with E-state index in [1.165, 1.54) is 19.2 Å². The Balaban J connectivity index is 1.40. The summed E-state index contributed by atoms with van der Waals surface area (Å²) in [7, 11) is -3.26. The summed E-state index contributed by atoms with van der Waals surface area (Å²) in [5.41, 5.74) is 16.7. The molecule has 1 aliphatic rings. The topological polar surface area (TPSA) is 305 Å². The highest BCUT2D eigenvalue weighted by atomic mass is 32.3. The Hall–Kier alpha value is -5.26. The number of anilines is 2. The van der Waals surface area contributed by atoms with Gasteiger partial charge in [0.2, 0.25) is 0 Å². The van der Waals surface area contributed by atoms with Gasteiger partial charge in [0, 0.05) is 17.0 Å². The lowest BCUT2D eigenvalue weighted by atomic mass is 9.84. The van der Waals surface area contributed by atoms with Gasteiger partial charge in [-0.1, -0.05) is 23.7 Å². The van der Waals surface area contributed by atoms with Crippen LogP contribution in [0.2, 0.25) is 0 Å². The number of nitrogens with one attached hydrogen (secondary N) is 2. The maximum atomic E-state index is 13.3. The average molecular weight is 779 g/mol. The third-order valence-electron chi connectivity index (χ3n) is 7.93. The average Bonchev–Trinajstić information content (AvgIpc) is 3.53. The lowest BCUT2D eigenvalue weighted by Crippen LogP contribution is -2.76. The molecule has 53 heavy (non-hydrogen) atoms. The summed E-state index contributed by atoms with van der Waals surface area (Å²) in [6.07, 6.45) is 2.16. The number of aromatic nitrogens is 2. The van der Waals surface area contributed by atoms with E-state index < -0.39 is 64.2 Å². The normalized spacial score (nSPS) is 16.6. The number of hydroxylamine groups is 2. The van der Waals surface area contributed by atoms with E-state index >= 15 is 0 Å². The highest BCUT2D eigenvalue weighted by Crippen LogP contribution is 2.33. The summed E-state index contributed by atoms with van der Waals surface area (Å²) in [5.74, 6) is -2.99. The zero-order valence-corrected chi connectivity index (χ0v) is 30.4. The number of hydrogen-bond acceptors (Lipinski definition) is 15. The standard InChI is InChI=1S/C31H39N9O11S2/c1-31(2)25(28(43)40(31)51-53(46,47)48)37-27(42)24(21-16-52-30(34)35-21)38-50-22(29(44)45)15-49-19-10-7-17(8-11-19)18-9-12-23(39(3)14-18)36-26(41)20(33)6-4-5-13-32/h7-12,14,16,20,22,25H,4-6,13,15,32-33H2,1-3H3,(H5,34,35,37,42,44,45,46,47,48)/p+1/b38-24-/t20-,22+,25-/m1/s1. The van der Waals surface area contributed by atoms with Crippen LogP contribution >= 0.6 is 11.3 Å². The Morgan fingerprint density at radius 3 is 2.40 bits per heavy atom. The second kappa shape index (κ2) is 17.0. The number of amides is 3. The summed E-state index contributed by atoms with van der Waals surface area (Å²) < 4.78 is 42.9. The van der Waals surface area contributed by atoms with Gasteiger partial charge in [-0.25, -0.2) is 24.5 Å². The van der Waals surface area contributed by atoms with Crippen LogP contribution in [0.4, 0.5) is 10.9 Å². The number of carbonyl (C=O) groups excluding carboxylic acids is 3. The van der Waals surface area contributed by atoms with Gasteiger partial charge in [-0.05, 0) is 57.0 Å². The minimum absolute atomic E-state index is 0.0424. The van der Waals surface area contributed by atoms with Crippen LogP contribution in [-0.4, -0.2) is 94.4 Å². The van der Waals surface area contributed by atoms with E-state index in [-0.39, 0.29) is 22.5 Å². The molecule has 0 aliphatic carbocycles. The first-order valence-corrected chi connectivity index (χ1v) is 18.1. The van der Waals surface area contributed by atoms with Gasteiger partial charge < -0.3 is 37.2 Å². The van der Waals surface area contributed by atoms with Crippen molar-refractivity contribution in [1.82, 2.24) is 15.4 Å². The fourth-order valence-electron chi connectivity index (χ4n) is 4.97. The second-order valence-electron chi connectivity index (χ2n) is 12.3. The maximum Gasteiger partial charge on any atom is 0.418 e. The Morgan fingerprint density at radius 1 is 1.15 bits per heavy atom. The number of hydrogen-bond donors (Lipinski definition) is 7. The molecule has 0 unspecified atom stereocenters. The van der Waals surface area contributed by atoms with Crippen LogP contribution < -0.4 is 37.1 Å². The molecule has 1 saturated heterocycles. The molecular formula is C31H40N9O11S2+. The third-order valence-corrected chi connectivity index (χ3v) is 8.94. The fourth-order valence-corrected chi connectivity index (χ4v) is 5.97. The Bertz CT molecular complexity index is 1970. The van der Waals surface area contributed by atoms with Crippen molar-refractivity contribution in [2.24, 2.45) is 23.7 Å². The van der Waals surface area contributed by atoms with E-state index in [9.17, 15) is 32.7 Å². The molecule has 3 amide bonds. The lowest BCUT2D eigenvalue weighted by molar-refractivity contribution is -0.656. The SMILES string of the molecule is C[n+]1cc(-c2ccc(OC[C@H](O/N=C(\C(=O)N[C@@H]3C(=O)N(OS(=O)(=O)O)C3(C)C)c3csc(N)n3)C(=O)O)cc2)ccc1NC(=O)[C@H](N)CCCCN. The van der Waals surface area contributed by atoms with Crippen molar-refractivity contribution in [3.8, 4) is 16.9 Å². The number of nitrogens with zero attached hydrogens (tertiary/aromatic N) is 4. The molecule has 4 rings (SSSR count). The van der Waals surface area contributed by atoms with Gasteiger partial charge in [0.25, 0.3) is 23.7 Å². The molecule has 0 radical (unpaired) electrons. The molecule has 1 aliphatic heterocycles. The number of unbranched alkanes of at least 4 members (excludes halogenated alkanes) is 1. The van der Waals surface area contributed by atoms with Crippen molar-refractivity contribution in [3.63, 3.8) is 0 Å². The quantitative estimate of drug-likeness (QED) is 0.0218. The molecule has 10 N–H and O–H groups in total. The number of aryl methyl sites for hydroxylation is 1. The van der Waals surface area contributed by atoms with Crippen LogP contribution in [0.25, 0.3) is 11.1 Å². The van der Waals surface area contributed by atoms with Gasteiger partial charge in [-0.3, -0.25) is 14.1 Å². The largest absolute Gasteiger partial charge is 0.489 e. The number of oxime groups is 1. The first kappa shape index (κ1) is 40.5. The number of pyridine rings is 1. The van der Waals surface area contributed by atoms with Crippen molar-refractivity contribution in [2.45, 2.75) is 56.8 Å². The Labute approximate surface area is 307 Å². The molecule has 0 saturated carbocycles. The van der Waals surface area contributed by atoms with E-state index in [1.54, 1.807) is 41.9 Å². The molecule has 1 fully saturated rings. The van der Waals surface area contributed by atoms with Crippen molar-refractivity contribution in [3.05, 3.63) is 53.7 Å². The first-order valence-electron chi connectivity index (χ1n) is 15.9. The molecule has 0 bridgehead atoms. The zero-order chi connectivity index (χ0) is 39.1. The van der Waals surface area contributed by atoms with Crippen LogP contribution in [0.1, 0.15) is 38.8 Å². The van der Waals surface area contributed by atoms with Gasteiger partial charge in [0.05, 0.1) is 18.8 Å². The van der Waals surface area contributed by atoms with Crippen LogP contribution in [-0.2, 0) is 45.7 Å². The van der Waals surface area contributed by atoms with Crippen LogP contribution in [0, 0.1) is 0 Å². The number of ether oxygens (including phenoxy) is 1. The highest BCUT2D eigenvalue weighted by Gasteiger charge is 2.58. The molecule has 0 spiro atoms. The molecule has 20 nitrogen and oxygen atoms in total. The number of carboxylic acid groups (broad SMARTS) is 1. The van der Waals surface area contributed by atoms with Gasteiger partial charge >= 0.3 is 22.3 Å². The van der Waals surface area contributed by atoms with Crippen LogP contribution in [0.3, 0.4) is 0 Å². The van der Waals surface area contributed by atoms with Crippen molar-refractivity contribution in [1.29, 1.82) is 0 Å². The van der Waals surface area contributed by atoms with Gasteiger partial charge in [0.15, 0.2) is 10.8 Å². The second-order valence-corrected chi connectivity index (χ2v) is 14.2. The Kier molecular flexibility index (Phi) is 13.0. The molecule has 1 aromatic carbocycles. The predicted molar refractivity (Wildman–Crippen MR) is 189 cm³/mol. The van der Waals surface area contributed by atoms with E-state index in [1.807, 2.05) is 12.3 Å². The summed E-state index contributed by atoms with van der Waals surface area (Å²) >= 11 is 0.945. The monoisotopic (exact) mass is 778 g/mol. The van der Waals surface area contributed by atoms with Crippen molar-refractivity contribution in [2.75, 3.05) is 24.2 Å². The van der Waals surface area contributed by atoms with Crippen LogP contribution in [0.15, 0.2) is 53.1 Å². The third kappa shape index (κ3) is 10.4. The Morgan fingerprint density at radius 2 is 1.83 bits per heavy atom. The maximum absolute atomic E-state index is 13.3. The molecule has 3 aromatic rings. The minimum atomic E-state index is -5.03. The van der Waals surface area contributed by atoms with E-state index in [0.29, 0.717) is 23.8 Å². The highest BCUT2D eigenvalue weighted by molar-refractivity contribution is 7.80. The van der Waals surface area contributed by atoms with E-state index in [2.05, 4.69) is 25.1 Å². The number of benzene rings is 1. The summed E-state index contributed by atoms with van der Waals surface area (Å²) in [5, 5.41) is 20.4. The van der Waals surface area contributed by atoms with Crippen molar-refractivity contribution >= 4 is 62.1 Å². The number of carbonyl (C=O) groups is 4. The number of nitrogens with two attached hydrogens (primary N) is 3. The van der Waals surface area contributed by atoms with Gasteiger partial charge in [-0.2, -0.15) is 13.5 Å². The lowest BCUT2D eigenvalue weighted by Gasteiger charge is -2.50. The molecule has 2 aromatic heterocycles. The number of nitrogen functional groups attached to an aromatic ring is 1. The number of thiazole rings is 1. The van der Waals surface area contributed by atoms with Crippen molar-refractivity contribution < 1.29 is 55.7 Å². The number of rotatable bonds is 18. The number of aliphatic carboxylic acids is 1. The molecule has 286 valence electrons. The minimum Gasteiger partial charge on any atom is -0.489 e. The predicted octanol–water partition coefficient (Wildman–Crippen LogP) is -0.295. The fraction of sp³-hybridized carbons (Fsp3) is 0.387. The first-order chi connectivity index (χ1) is 24.9. The summed E-state index contributed by atoms with van der Waals surface area (Å²) in [4.78, 5) is 59.5. The molecular weight excluding hydrogens is 739 g/mol. The summed E-state index contributed by atoms with van der Waals surface area (Å²) in [6.45, 7) is 2.70. The molecule has 3 heterocycles. The zero-order valence-electron chi connectivity index (χ0n) is 28.8. The molecule has 22 heteroatoms. The van der Waals surface area contributed by atoms with Gasteiger partial charge in [-0.15, -0.1) is 15.6 Å². The van der Waals surface area contributed by atoms with E-state index in [0.717, 1.165) is 35.3 Å². The summed E-state index contributed by atoms with van der Waals surface area (Å²) in [6, 6.07) is 8.25. The smallest absolute Gasteiger partial charge is 0.418 e. The van der Waals surface area contributed by atoms with E-state index in [4.69, 9.17) is 31.3 Å². The van der Waals surface area contributed by atoms with Gasteiger partial charge in [0.1, 0.15) is 30.1 Å². The van der Waals surface area contributed by atoms with Crippen LogP contribution in [0.5, 0.6) is 5.75 Å². The molecule has 3 atom stereocenters. The number of carboxylic acids is 1. The number of β-lactam (4-membered cyclic amide) rings is 1.